The fourth-order valence-corrected chi connectivity index (χ4v) is 3.29. The molecule has 2 aromatic carbocycles. The Bertz CT molecular complexity index is 723. The van der Waals surface area contributed by atoms with Crippen LogP contribution in [-0.4, -0.2) is 23.7 Å². The van der Waals surface area contributed by atoms with Gasteiger partial charge in [0.15, 0.2) is 0 Å². The lowest BCUT2D eigenvalue weighted by Crippen LogP contribution is -2.03. The Labute approximate surface area is 145 Å². The fraction of sp³-hybridized carbons (Fsp3) is 0.263. The Balaban J connectivity index is 2.15. The van der Waals surface area contributed by atoms with Gasteiger partial charge in [0.2, 0.25) is 0 Å². The van der Waals surface area contributed by atoms with Gasteiger partial charge >= 0.3 is 11.9 Å². The van der Waals surface area contributed by atoms with Crippen molar-refractivity contribution in [1.82, 2.24) is 0 Å². The summed E-state index contributed by atoms with van der Waals surface area (Å²) in [4.78, 5) is 24.6. The van der Waals surface area contributed by atoms with Crippen LogP contribution in [0.3, 0.4) is 0 Å². The second kappa shape index (κ2) is 8.55. The van der Waals surface area contributed by atoms with Gasteiger partial charge in [-0.3, -0.25) is 4.79 Å². The van der Waals surface area contributed by atoms with Crippen LogP contribution in [0.25, 0.3) is 0 Å². The average molecular weight is 344 g/mol. The molecule has 0 aliphatic rings. The number of aryl methyl sites for hydroxylation is 1. The lowest BCUT2D eigenvalue weighted by Gasteiger charge is -2.10. The minimum Gasteiger partial charge on any atom is -0.481 e. The molecule has 126 valence electrons. The van der Waals surface area contributed by atoms with E-state index >= 15 is 0 Å². The van der Waals surface area contributed by atoms with E-state index in [1.54, 1.807) is 30.8 Å². The van der Waals surface area contributed by atoms with Gasteiger partial charge in [0.1, 0.15) is 0 Å². The van der Waals surface area contributed by atoms with Crippen LogP contribution in [0.2, 0.25) is 0 Å². The number of hydrogen-bond acceptors (Lipinski definition) is 4. The molecule has 0 heterocycles. The summed E-state index contributed by atoms with van der Waals surface area (Å²) in [5.41, 5.74) is 2.46. The lowest BCUT2D eigenvalue weighted by atomic mass is 10.1. The second-order valence-electron chi connectivity index (χ2n) is 5.21. The third-order valence-corrected chi connectivity index (χ3v) is 4.58. The topological polar surface area (TPSA) is 63.6 Å². The van der Waals surface area contributed by atoms with Crippen LogP contribution in [0, 0.1) is 0 Å². The Morgan fingerprint density at radius 2 is 1.79 bits per heavy atom. The number of benzene rings is 2. The maximum atomic E-state index is 11.7. The van der Waals surface area contributed by atoms with E-state index in [-0.39, 0.29) is 12.4 Å². The molecule has 5 heteroatoms. The molecule has 0 atom stereocenters. The highest BCUT2D eigenvalue weighted by Crippen LogP contribution is 2.31. The summed E-state index contributed by atoms with van der Waals surface area (Å²) in [6, 6.07) is 13.0. The Morgan fingerprint density at radius 1 is 1.08 bits per heavy atom. The molecule has 24 heavy (non-hydrogen) atoms. The normalized spacial score (nSPS) is 10.4. The van der Waals surface area contributed by atoms with Gasteiger partial charge in [0.05, 0.1) is 18.6 Å². The Hall–Kier alpha value is -2.27. The summed E-state index contributed by atoms with van der Waals surface area (Å²) in [5, 5.41) is 8.90. The predicted molar refractivity (Wildman–Crippen MR) is 93.7 cm³/mol. The van der Waals surface area contributed by atoms with E-state index in [2.05, 4.69) is 0 Å². The fourth-order valence-electron chi connectivity index (χ4n) is 2.29. The van der Waals surface area contributed by atoms with Gasteiger partial charge in [-0.05, 0) is 54.8 Å². The lowest BCUT2D eigenvalue weighted by molar-refractivity contribution is -0.136. The molecule has 0 fully saturated rings. The number of ether oxygens (including phenoxy) is 1. The molecule has 0 saturated heterocycles. The van der Waals surface area contributed by atoms with Gasteiger partial charge in [-0.15, -0.1) is 0 Å². The molecule has 2 rings (SSSR count). The first-order valence-electron chi connectivity index (χ1n) is 7.82. The van der Waals surface area contributed by atoms with Crippen molar-refractivity contribution >= 4 is 23.7 Å². The smallest absolute Gasteiger partial charge is 0.338 e. The Morgan fingerprint density at radius 3 is 2.38 bits per heavy atom. The van der Waals surface area contributed by atoms with Crippen LogP contribution in [0.4, 0.5) is 0 Å². The standard InChI is InChI=1S/C19H20O4S/c1-3-14-11-13(12-18(20)21)5-10-17(14)24-16-8-6-15(7-9-16)19(22)23-4-2/h5-11H,3-4,12H2,1-2H3,(H,20,21). The molecule has 2 aromatic rings. The highest BCUT2D eigenvalue weighted by molar-refractivity contribution is 7.99. The van der Waals surface area contributed by atoms with Gasteiger partial charge in [-0.25, -0.2) is 4.79 Å². The summed E-state index contributed by atoms with van der Waals surface area (Å²) >= 11 is 1.60. The van der Waals surface area contributed by atoms with Crippen LogP contribution in [0.15, 0.2) is 52.3 Å². The third kappa shape index (κ3) is 4.86. The highest BCUT2D eigenvalue weighted by Gasteiger charge is 2.09. The van der Waals surface area contributed by atoms with E-state index in [0.717, 1.165) is 27.3 Å². The summed E-state index contributed by atoms with van der Waals surface area (Å²) in [6.45, 7) is 4.19. The first-order valence-corrected chi connectivity index (χ1v) is 8.63. The zero-order valence-corrected chi connectivity index (χ0v) is 14.6. The van der Waals surface area contributed by atoms with E-state index < -0.39 is 5.97 Å². The summed E-state index contributed by atoms with van der Waals surface area (Å²) in [5.74, 6) is -1.15. The number of hydrogen-bond donors (Lipinski definition) is 1. The van der Waals surface area contributed by atoms with Gasteiger partial charge < -0.3 is 9.84 Å². The number of esters is 1. The SMILES string of the molecule is CCOC(=O)c1ccc(Sc2ccc(CC(=O)O)cc2CC)cc1. The summed E-state index contributed by atoms with van der Waals surface area (Å²) < 4.78 is 4.97. The molecular weight excluding hydrogens is 324 g/mol. The van der Waals surface area contributed by atoms with Crippen LogP contribution >= 0.6 is 11.8 Å². The molecule has 1 N–H and O–H groups in total. The number of rotatable bonds is 7. The number of carboxylic acid groups (broad SMARTS) is 1. The number of carbonyl (C=O) groups is 2. The largest absolute Gasteiger partial charge is 0.481 e. The van der Waals surface area contributed by atoms with Gasteiger partial charge in [-0.2, -0.15) is 0 Å². The molecule has 0 amide bonds. The molecule has 0 bridgehead atoms. The number of aliphatic carboxylic acids is 1. The first-order chi connectivity index (χ1) is 11.5. The molecule has 0 aliphatic heterocycles. The van der Waals surface area contributed by atoms with Crippen molar-refractivity contribution in [2.45, 2.75) is 36.5 Å². The van der Waals surface area contributed by atoms with Crippen LogP contribution in [0.1, 0.15) is 35.3 Å². The van der Waals surface area contributed by atoms with E-state index in [9.17, 15) is 9.59 Å². The molecule has 0 spiro atoms. The Kier molecular flexibility index (Phi) is 6.44. The monoisotopic (exact) mass is 344 g/mol. The predicted octanol–water partition coefficient (Wildman–Crippen LogP) is 4.20. The molecule has 0 aliphatic carbocycles. The molecule has 0 aromatic heterocycles. The van der Waals surface area contributed by atoms with Gasteiger partial charge in [-0.1, -0.05) is 30.8 Å². The van der Waals surface area contributed by atoms with Crippen LogP contribution < -0.4 is 0 Å². The van der Waals surface area contributed by atoms with E-state index in [4.69, 9.17) is 9.84 Å². The molecule has 0 radical (unpaired) electrons. The minimum atomic E-state index is -0.827. The quantitative estimate of drug-likeness (QED) is 0.763. The molecular formula is C19H20O4S. The van der Waals surface area contributed by atoms with E-state index in [1.807, 2.05) is 37.3 Å². The van der Waals surface area contributed by atoms with Crippen molar-refractivity contribution in [3.8, 4) is 0 Å². The number of carboxylic acids is 1. The number of carbonyl (C=O) groups excluding carboxylic acids is 1. The zero-order valence-electron chi connectivity index (χ0n) is 13.7. The highest BCUT2D eigenvalue weighted by atomic mass is 32.2. The first kappa shape index (κ1) is 18.1. The van der Waals surface area contributed by atoms with Crippen molar-refractivity contribution < 1.29 is 19.4 Å². The van der Waals surface area contributed by atoms with Gasteiger partial charge in [0, 0.05) is 9.79 Å². The minimum absolute atomic E-state index is 0.0339. The van der Waals surface area contributed by atoms with Crippen molar-refractivity contribution in [3.05, 3.63) is 59.2 Å². The van der Waals surface area contributed by atoms with E-state index in [0.29, 0.717) is 12.2 Å². The maximum absolute atomic E-state index is 11.7. The molecule has 0 unspecified atom stereocenters. The third-order valence-electron chi connectivity index (χ3n) is 3.45. The van der Waals surface area contributed by atoms with Crippen molar-refractivity contribution in [3.63, 3.8) is 0 Å². The summed E-state index contributed by atoms with van der Waals surface area (Å²) in [7, 11) is 0. The second-order valence-corrected chi connectivity index (χ2v) is 6.33. The van der Waals surface area contributed by atoms with Crippen molar-refractivity contribution in [2.75, 3.05) is 6.61 Å². The molecule has 0 saturated carbocycles. The molecule has 4 nitrogen and oxygen atoms in total. The van der Waals surface area contributed by atoms with Crippen molar-refractivity contribution in [1.29, 1.82) is 0 Å². The van der Waals surface area contributed by atoms with Crippen LogP contribution in [0.5, 0.6) is 0 Å². The average Bonchev–Trinajstić information content (AvgIpc) is 2.56. The van der Waals surface area contributed by atoms with Crippen molar-refractivity contribution in [2.24, 2.45) is 0 Å². The van der Waals surface area contributed by atoms with Crippen LogP contribution in [-0.2, 0) is 22.4 Å². The summed E-state index contributed by atoms with van der Waals surface area (Å²) in [6.07, 6.45) is 0.864. The zero-order chi connectivity index (χ0) is 17.5. The van der Waals surface area contributed by atoms with E-state index in [1.165, 1.54) is 0 Å². The maximum Gasteiger partial charge on any atom is 0.338 e. The van der Waals surface area contributed by atoms with Gasteiger partial charge in [0.25, 0.3) is 0 Å².